The van der Waals surface area contributed by atoms with Crippen LogP contribution in [0.25, 0.3) is 0 Å². The van der Waals surface area contributed by atoms with E-state index in [1.807, 2.05) is 60.4 Å². The number of phenols is 1. The second-order valence-electron chi connectivity index (χ2n) is 18.3. The van der Waals surface area contributed by atoms with E-state index < -0.39 is 78.7 Å². The first-order valence-electron chi connectivity index (χ1n) is 23.9. The minimum absolute atomic E-state index is 0.000954. The summed E-state index contributed by atoms with van der Waals surface area (Å²) >= 11 is 1.09. The Morgan fingerprint density at radius 3 is 2.28 bits per heavy atom. The number of carbonyl (C=O) groups is 7. The van der Waals surface area contributed by atoms with Gasteiger partial charge in [0.2, 0.25) is 17.7 Å². The lowest BCUT2D eigenvalue weighted by Crippen LogP contribution is -2.59. The number of phenolic OH excluding ortho intramolecular Hbond substituents is 1. The van der Waals surface area contributed by atoms with Gasteiger partial charge in [0.15, 0.2) is 12.8 Å². The molecule has 2 heterocycles. The molecule has 18 nitrogen and oxygen atoms in total. The number of benzene rings is 1. The van der Waals surface area contributed by atoms with Crippen LogP contribution in [0.3, 0.4) is 0 Å². The van der Waals surface area contributed by atoms with Crippen LogP contribution < -0.4 is 21.5 Å². The Morgan fingerprint density at radius 1 is 0.942 bits per heavy atom. The third-order valence-electron chi connectivity index (χ3n) is 11.8. The zero-order chi connectivity index (χ0) is 51.2. The number of nitrogens with zero attached hydrogens (tertiary/aromatic N) is 3. The molecule has 7 atom stereocenters. The summed E-state index contributed by atoms with van der Waals surface area (Å²) in [4.78, 5) is 102. The predicted octanol–water partition coefficient (Wildman–Crippen LogP) is 6.78. The molecule has 0 spiro atoms. The van der Waals surface area contributed by atoms with Crippen molar-refractivity contribution in [2.45, 2.75) is 144 Å². The normalized spacial score (nSPS) is 16.6. The van der Waals surface area contributed by atoms with Crippen LogP contribution >= 0.6 is 32.9 Å². The maximum absolute atomic E-state index is 14.9. The molecule has 386 valence electrons. The number of nitrogens with one attached hydrogen (secondary N) is 4. The average Bonchev–Trinajstić information content (AvgIpc) is 3.80. The van der Waals surface area contributed by atoms with Crippen molar-refractivity contribution in [3.05, 3.63) is 45.9 Å². The van der Waals surface area contributed by atoms with Gasteiger partial charge >= 0.3 is 18.0 Å². The Kier molecular flexibility index (Phi) is 25.7. The number of carbonyl (C=O) groups excluding carboxylic acids is 7. The van der Waals surface area contributed by atoms with Crippen molar-refractivity contribution < 1.29 is 52.9 Å². The number of hydrazine groups is 1. The fourth-order valence-electron chi connectivity index (χ4n) is 7.78. The van der Waals surface area contributed by atoms with Gasteiger partial charge in [-0.15, -0.1) is 11.3 Å². The lowest BCUT2D eigenvalue weighted by Gasteiger charge is -2.39. The molecule has 5 N–H and O–H groups in total. The van der Waals surface area contributed by atoms with Crippen LogP contribution in [-0.4, -0.2) is 124 Å². The number of rotatable bonds is 27. The second kappa shape index (κ2) is 30.2. The number of esters is 2. The van der Waals surface area contributed by atoms with E-state index in [4.69, 9.17) is 14.2 Å². The molecule has 1 aliphatic rings. The lowest BCUT2D eigenvalue weighted by molar-refractivity contribution is -0.161. The maximum atomic E-state index is 14.9. The number of likely N-dealkylation sites (tertiary alicyclic amines) is 1. The molecule has 5 amide bonds. The van der Waals surface area contributed by atoms with Gasteiger partial charge in [0.25, 0.3) is 5.91 Å². The highest BCUT2D eigenvalue weighted by molar-refractivity contribution is 8.76. The monoisotopic (exact) mass is 1020 g/mol. The highest BCUT2D eigenvalue weighted by atomic mass is 33.1. The molecule has 1 aromatic heterocycles. The standard InChI is InChI=1S/C48H75N7O11S3/c1-11-31(7)42(51-45(61)38-15-13-14-20-54(38)10)47(62)55(28-65-41(58)23-29(3)4)39(30(5)6)26-40(66-33(9)56)46-50-37(27-67-46)44(60)49-35(25-34-16-18-36(57)19-17-34)24-32(8)43(59)52-53-48(63)64-21-22-69-68-12-2/h16-19,27,29-32,35,38-40,42,57H,11-15,20-26,28H2,1-10H3,(H,49,60)(H,51,61)(H,52,59)(H,53,63)/t31?,32-,35+,38+,39+,40+,42-/m0/s1. The summed E-state index contributed by atoms with van der Waals surface area (Å²) in [5.41, 5.74) is 5.43. The molecule has 3 rings (SSSR count). The van der Waals surface area contributed by atoms with Gasteiger partial charge in [-0.1, -0.05) is 102 Å². The first kappa shape index (κ1) is 58.7. The van der Waals surface area contributed by atoms with Gasteiger partial charge in [-0.25, -0.2) is 15.2 Å². The van der Waals surface area contributed by atoms with Gasteiger partial charge in [-0.3, -0.25) is 39.1 Å². The van der Waals surface area contributed by atoms with Gasteiger partial charge in [0.05, 0.1) is 6.04 Å². The zero-order valence-corrected chi connectivity index (χ0v) is 44.3. The topological polar surface area (TPSA) is 235 Å². The first-order chi connectivity index (χ1) is 32.7. The minimum atomic E-state index is -1.04. The van der Waals surface area contributed by atoms with E-state index in [1.165, 1.54) is 29.3 Å². The van der Waals surface area contributed by atoms with Gasteiger partial charge in [-0.05, 0) is 74.7 Å². The summed E-state index contributed by atoms with van der Waals surface area (Å²) in [7, 11) is 5.12. The number of hydrogen-bond acceptors (Lipinski definition) is 16. The van der Waals surface area contributed by atoms with Crippen molar-refractivity contribution in [3.8, 4) is 5.75 Å². The number of hydrogen-bond donors (Lipinski definition) is 5. The van der Waals surface area contributed by atoms with Crippen molar-refractivity contribution >= 4 is 74.6 Å². The van der Waals surface area contributed by atoms with Crippen LogP contribution in [0.4, 0.5) is 4.79 Å². The molecule has 0 aliphatic carbocycles. The van der Waals surface area contributed by atoms with E-state index in [2.05, 4.69) is 26.5 Å². The predicted molar refractivity (Wildman–Crippen MR) is 269 cm³/mol. The molecule has 69 heavy (non-hydrogen) atoms. The van der Waals surface area contributed by atoms with Crippen LogP contribution in [0.1, 0.15) is 134 Å². The van der Waals surface area contributed by atoms with Crippen molar-refractivity contribution in [2.24, 2.45) is 23.7 Å². The number of ether oxygens (including phenoxy) is 3. The van der Waals surface area contributed by atoms with Gasteiger partial charge in [-0.2, -0.15) is 0 Å². The zero-order valence-electron chi connectivity index (χ0n) is 41.9. The SMILES string of the molecule is CCSSCCOC(=O)NNC(=O)[C@@H](C)C[C@H](Cc1ccc(O)cc1)NC(=O)c1csc([C@@H](C[C@H](C(C)C)N(COC(=O)CC(C)C)C(=O)[C@@H](NC(=O)[C@H]2CCCCN2C)C(C)CC)OC(C)=O)n1. The summed E-state index contributed by atoms with van der Waals surface area (Å²) < 4.78 is 16.7. The van der Waals surface area contributed by atoms with Crippen LogP contribution in [0.2, 0.25) is 0 Å². The Labute approximate surface area is 419 Å². The van der Waals surface area contributed by atoms with E-state index in [0.29, 0.717) is 18.6 Å². The van der Waals surface area contributed by atoms with Crippen molar-refractivity contribution in [3.63, 3.8) is 0 Å². The molecule has 0 radical (unpaired) electrons. The van der Waals surface area contributed by atoms with E-state index in [9.17, 15) is 38.7 Å². The van der Waals surface area contributed by atoms with Crippen LogP contribution in [-0.2, 0) is 44.6 Å². The summed E-state index contributed by atoms with van der Waals surface area (Å²) in [6.45, 7) is 16.8. The Hall–Kier alpha value is -4.60. The third kappa shape index (κ3) is 20.3. The third-order valence-corrected chi connectivity index (χ3v) is 15.1. The number of aromatic nitrogens is 1. The smallest absolute Gasteiger partial charge is 0.426 e. The Bertz CT molecular complexity index is 1970. The summed E-state index contributed by atoms with van der Waals surface area (Å²) in [5, 5.41) is 17.8. The number of likely N-dealkylation sites (N-methyl/N-ethyl adjacent to an activating group) is 1. The molecular formula is C48H75N7O11S3. The molecule has 21 heteroatoms. The second-order valence-corrected chi connectivity index (χ2v) is 22.0. The molecular weight excluding hydrogens is 947 g/mol. The quantitative estimate of drug-likeness (QED) is 0.0155. The van der Waals surface area contributed by atoms with Gasteiger partial charge < -0.3 is 34.9 Å². The highest BCUT2D eigenvalue weighted by Gasteiger charge is 2.39. The van der Waals surface area contributed by atoms with E-state index in [-0.39, 0.29) is 72.4 Å². The molecule has 0 saturated carbocycles. The average molecular weight is 1020 g/mol. The van der Waals surface area contributed by atoms with Crippen molar-refractivity contribution in [1.82, 2.24) is 36.3 Å². The van der Waals surface area contributed by atoms with Crippen molar-refractivity contribution in [2.75, 3.05) is 38.4 Å². The maximum Gasteiger partial charge on any atom is 0.426 e. The fraction of sp³-hybridized carbons (Fsp3) is 0.667. The van der Waals surface area contributed by atoms with E-state index in [1.54, 1.807) is 40.6 Å². The van der Waals surface area contributed by atoms with Gasteiger partial charge in [0.1, 0.15) is 29.1 Å². The molecule has 1 saturated heterocycles. The first-order valence-corrected chi connectivity index (χ1v) is 27.3. The summed E-state index contributed by atoms with van der Waals surface area (Å²) in [6, 6.07) is 3.77. The Balaban J connectivity index is 1.90. The Morgan fingerprint density at radius 2 is 1.65 bits per heavy atom. The van der Waals surface area contributed by atoms with E-state index in [0.717, 1.165) is 42.0 Å². The van der Waals surface area contributed by atoms with Crippen molar-refractivity contribution in [1.29, 1.82) is 0 Å². The molecule has 1 fully saturated rings. The molecule has 1 unspecified atom stereocenters. The van der Waals surface area contributed by atoms with Crippen LogP contribution in [0.15, 0.2) is 29.6 Å². The molecule has 1 aliphatic heterocycles. The molecule has 0 bridgehead atoms. The van der Waals surface area contributed by atoms with Crippen LogP contribution in [0.5, 0.6) is 5.75 Å². The number of thiazole rings is 1. The lowest BCUT2D eigenvalue weighted by atomic mass is 9.92. The van der Waals surface area contributed by atoms with Crippen LogP contribution in [0, 0.1) is 23.7 Å². The van der Waals surface area contributed by atoms with Gasteiger partial charge in [0, 0.05) is 54.7 Å². The summed E-state index contributed by atoms with van der Waals surface area (Å²) in [6.07, 6.45) is 1.82. The fourth-order valence-corrected chi connectivity index (χ4v) is 10.1. The number of amides is 5. The summed E-state index contributed by atoms with van der Waals surface area (Å²) in [5.74, 6) is -2.58. The highest BCUT2D eigenvalue weighted by Crippen LogP contribution is 2.32. The number of aromatic hydroxyl groups is 1. The largest absolute Gasteiger partial charge is 0.508 e. The molecule has 1 aromatic carbocycles. The minimum Gasteiger partial charge on any atom is -0.508 e. The molecule has 2 aromatic rings. The van der Waals surface area contributed by atoms with E-state index >= 15 is 0 Å². The number of piperidine rings is 1.